The van der Waals surface area contributed by atoms with Gasteiger partial charge in [0.25, 0.3) is 0 Å². The van der Waals surface area contributed by atoms with E-state index in [2.05, 4.69) is 6.58 Å². The highest BCUT2D eigenvalue weighted by Gasteiger charge is 2.29. The second-order valence-corrected chi connectivity index (χ2v) is 3.48. The Morgan fingerprint density at radius 1 is 1.05 bits per heavy atom. The summed E-state index contributed by atoms with van der Waals surface area (Å²) in [5, 5.41) is 8.56. The number of carbonyl (C=O) groups is 1. The van der Waals surface area contributed by atoms with Gasteiger partial charge in [-0.1, -0.05) is 6.08 Å². The predicted octanol–water partition coefficient (Wildman–Crippen LogP) is 2.46. The smallest absolute Gasteiger partial charge is 0.323 e. The lowest BCUT2D eigenvalue weighted by Gasteiger charge is -2.22. The summed E-state index contributed by atoms with van der Waals surface area (Å²) in [5.41, 5.74) is -1.29. The Kier molecular flexibility index (Phi) is 4.47. The highest BCUT2D eigenvalue weighted by atomic mass is 19.2. The van der Waals surface area contributed by atoms with E-state index in [1.165, 1.54) is 0 Å². The Labute approximate surface area is 104 Å². The van der Waals surface area contributed by atoms with Gasteiger partial charge in [0.05, 0.1) is 0 Å². The van der Waals surface area contributed by atoms with Crippen LogP contribution in [0.15, 0.2) is 12.7 Å². The van der Waals surface area contributed by atoms with Gasteiger partial charge in [0, 0.05) is 6.54 Å². The first-order valence-corrected chi connectivity index (χ1v) is 4.90. The van der Waals surface area contributed by atoms with Crippen LogP contribution in [0, 0.1) is 29.1 Å². The molecule has 1 aromatic rings. The topological polar surface area (TPSA) is 40.5 Å². The van der Waals surface area contributed by atoms with Crippen molar-refractivity contribution in [1.29, 1.82) is 0 Å². The molecular formula is C11H8F5NO2. The van der Waals surface area contributed by atoms with Crippen LogP contribution < -0.4 is 4.90 Å². The molecule has 0 amide bonds. The van der Waals surface area contributed by atoms with E-state index in [1.54, 1.807) is 0 Å². The zero-order valence-corrected chi connectivity index (χ0v) is 9.39. The number of anilines is 1. The fraction of sp³-hybridized carbons (Fsp3) is 0.182. The van der Waals surface area contributed by atoms with Gasteiger partial charge >= 0.3 is 5.97 Å². The van der Waals surface area contributed by atoms with Crippen molar-refractivity contribution in [3.63, 3.8) is 0 Å². The molecule has 0 aliphatic rings. The molecule has 0 atom stereocenters. The van der Waals surface area contributed by atoms with Gasteiger partial charge in [-0.2, -0.15) is 0 Å². The zero-order valence-electron chi connectivity index (χ0n) is 9.39. The van der Waals surface area contributed by atoms with Gasteiger partial charge in [0.15, 0.2) is 23.3 Å². The molecule has 104 valence electrons. The van der Waals surface area contributed by atoms with Gasteiger partial charge in [-0.25, -0.2) is 22.0 Å². The number of aliphatic carboxylic acids is 1. The number of hydrogen-bond donors (Lipinski definition) is 1. The van der Waals surface area contributed by atoms with E-state index in [-0.39, 0.29) is 0 Å². The van der Waals surface area contributed by atoms with Crippen LogP contribution >= 0.6 is 0 Å². The van der Waals surface area contributed by atoms with Gasteiger partial charge < -0.3 is 10.0 Å². The lowest BCUT2D eigenvalue weighted by Crippen LogP contribution is -2.32. The third kappa shape index (κ3) is 2.83. The van der Waals surface area contributed by atoms with E-state index in [0.717, 1.165) is 6.08 Å². The average molecular weight is 281 g/mol. The molecule has 0 radical (unpaired) electrons. The van der Waals surface area contributed by atoms with E-state index < -0.39 is 53.8 Å². The molecule has 0 fully saturated rings. The lowest BCUT2D eigenvalue weighted by atomic mass is 10.2. The van der Waals surface area contributed by atoms with E-state index in [0.29, 0.717) is 4.90 Å². The van der Waals surface area contributed by atoms with Crippen LogP contribution in [0.3, 0.4) is 0 Å². The summed E-state index contributed by atoms with van der Waals surface area (Å²) in [6.45, 7) is 1.88. The van der Waals surface area contributed by atoms with E-state index in [9.17, 15) is 26.7 Å². The first-order chi connectivity index (χ1) is 8.81. The normalized spacial score (nSPS) is 10.4. The quantitative estimate of drug-likeness (QED) is 0.390. The minimum Gasteiger partial charge on any atom is -0.480 e. The summed E-state index contributed by atoms with van der Waals surface area (Å²) in [6, 6.07) is 0. The molecule has 0 saturated carbocycles. The second-order valence-electron chi connectivity index (χ2n) is 3.48. The summed E-state index contributed by atoms with van der Waals surface area (Å²) < 4.78 is 65.7. The number of rotatable bonds is 5. The van der Waals surface area contributed by atoms with Gasteiger partial charge in [0.1, 0.15) is 12.2 Å². The minimum absolute atomic E-state index is 0.398. The molecule has 1 N–H and O–H groups in total. The fourth-order valence-electron chi connectivity index (χ4n) is 1.42. The Morgan fingerprint density at radius 3 is 1.84 bits per heavy atom. The lowest BCUT2D eigenvalue weighted by molar-refractivity contribution is -0.135. The van der Waals surface area contributed by atoms with Crippen LogP contribution in [0.5, 0.6) is 0 Å². The number of benzene rings is 1. The van der Waals surface area contributed by atoms with E-state index in [1.807, 2.05) is 0 Å². The first kappa shape index (κ1) is 14.9. The third-order valence-electron chi connectivity index (χ3n) is 2.18. The van der Waals surface area contributed by atoms with Crippen molar-refractivity contribution in [3.05, 3.63) is 41.7 Å². The molecule has 19 heavy (non-hydrogen) atoms. The van der Waals surface area contributed by atoms with Gasteiger partial charge in [-0.05, 0) is 0 Å². The van der Waals surface area contributed by atoms with Gasteiger partial charge in [-0.3, -0.25) is 4.79 Å². The van der Waals surface area contributed by atoms with Crippen molar-refractivity contribution in [2.75, 3.05) is 18.0 Å². The molecule has 0 bridgehead atoms. The maximum atomic E-state index is 13.4. The summed E-state index contributed by atoms with van der Waals surface area (Å²) >= 11 is 0. The van der Waals surface area contributed by atoms with E-state index >= 15 is 0 Å². The predicted molar refractivity (Wildman–Crippen MR) is 56.3 cm³/mol. The molecule has 1 aromatic carbocycles. The summed E-state index contributed by atoms with van der Waals surface area (Å²) in [4.78, 5) is 11.0. The highest BCUT2D eigenvalue weighted by Crippen LogP contribution is 2.30. The molecule has 0 saturated heterocycles. The maximum absolute atomic E-state index is 13.4. The van der Waals surface area contributed by atoms with Crippen molar-refractivity contribution >= 4 is 11.7 Å². The van der Waals surface area contributed by atoms with Gasteiger partial charge in [0.2, 0.25) is 5.82 Å². The molecule has 0 aromatic heterocycles. The standard InChI is InChI=1S/C11H8F5NO2/c1-2-3-17(4-5(18)19)11-9(15)7(13)6(12)8(14)10(11)16/h2H,1,3-4H2,(H,18,19). The Morgan fingerprint density at radius 2 is 1.47 bits per heavy atom. The number of carboxylic acids is 1. The van der Waals surface area contributed by atoms with E-state index in [4.69, 9.17) is 5.11 Å². The van der Waals surface area contributed by atoms with Crippen LogP contribution in [0.1, 0.15) is 0 Å². The molecule has 8 heteroatoms. The molecule has 0 aliphatic carbocycles. The highest BCUT2D eigenvalue weighted by molar-refractivity contribution is 5.74. The summed E-state index contributed by atoms with van der Waals surface area (Å²) in [5.74, 6) is -12.2. The number of hydrogen-bond acceptors (Lipinski definition) is 2. The first-order valence-electron chi connectivity index (χ1n) is 4.90. The van der Waals surface area contributed by atoms with Crippen molar-refractivity contribution in [2.45, 2.75) is 0 Å². The maximum Gasteiger partial charge on any atom is 0.323 e. The number of carboxylic acid groups (broad SMARTS) is 1. The van der Waals surface area contributed by atoms with Crippen LogP contribution in [0.2, 0.25) is 0 Å². The monoisotopic (exact) mass is 281 g/mol. The Hall–Kier alpha value is -2.12. The van der Waals surface area contributed by atoms with Gasteiger partial charge in [-0.15, -0.1) is 6.58 Å². The van der Waals surface area contributed by atoms with Crippen LogP contribution in [-0.2, 0) is 4.79 Å². The summed E-state index contributed by atoms with van der Waals surface area (Å²) in [6.07, 6.45) is 1.07. The van der Waals surface area contributed by atoms with Crippen molar-refractivity contribution in [2.24, 2.45) is 0 Å². The number of halogens is 5. The van der Waals surface area contributed by atoms with Crippen molar-refractivity contribution in [3.8, 4) is 0 Å². The van der Waals surface area contributed by atoms with Crippen LogP contribution in [0.25, 0.3) is 0 Å². The van der Waals surface area contributed by atoms with Crippen molar-refractivity contribution < 1.29 is 31.9 Å². The SMILES string of the molecule is C=CCN(CC(=O)O)c1c(F)c(F)c(F)c(F)c1F. The molecular weight excluding hydrogens is 273 g/mol. The largest absolute Gasteiger partial charge is 0.480 e. The van der Waals surface area contributed by atoms with Crippen molar-refractivity contribution in [1.82, 2.24) is 0 Å². The fourth-order valence-corrected chi connectivity index (χ4v) is 1.42. The molecule has 1 rings (SSSR count). The summed E-state index contributed by atoms with van der Waals surface area (Å²) in [7, 11) is 0. The second kappa shape index (κ2) is 5.68. The zero-order chi connectivity index (χ0) is 14.7. The average Bonchev–Trinajstić information content (AvgIpc) is 2.34. The molecule has 0 aliphatic heterocycles. The number of nitrogens with zero attached hydrogens (tertiary/aromatic N) is 1. The molecule has 0 unspecified atom stereocenters. The molecule has 3 nitrogen and oxygen atoms in total. The van der Waals surface area contributed by atoms with Crippen LogP contribution in [-0.4, -0.2) is 24.2 Å². The third-order valence-corrected chi connectivity index (χ3v) is 2.18. The Balaban J connectivity index is 3.45. The Bertz CT molecular complexity index is 503. The van der Waals surface area contributed by atoms with Crippen LogP contribution in [0.4, 0.5) is 27.6 Å². The molecule has 0 heterocycles. The molecule has 0 spiro atoms. The minimum atomic E-state index is -2.30.